The lowest BCUT2D eigenvalue weighted by atomic mass is 10.2. The van der Waals surface area contributed by atoms with Crippen LogP contribution in [0, 0.1) is 17.0 Å². The van der Waals surface area contributed by atoms with Crippen LogP contribution in [0.4, 0.5) is 35.6 Å². The Hall–Kier alpha value is -4.40. The van der Waals surface area contributed by atoms with Crippen molar-refractivity contribution in [2.75, 3.05) is 48.3 Å². The third kappa shape index (κ3) is 6.57. The van der Waals surface area contributed by atoms with E-state index < -0.39 is 35.6 Å². The maximum atomic E-state index is 14.7. The number of cyclic esters (lactones) is 1. The molecule has 0 saturated carbocycles. The molecule has 1 aromatic carbocycles. The zero-order valence-electron chi connectivity index (χ0n) is 18.5. The summed E-state index contributed by atoms with van der Waals surface area (Å²) in [5.74, 6) is 3.99. The number of hydrazine groups is 1. The molecule has 2 aromatic rings. The van der Waals surface area contributed by atoms with Crippen molar-refractivity contribution < 1.29 is 27.6 Å². The number of anilines is 3. The van der Waals surface area contributed by atoms with Crippen LogP contribution >= 0.6 is 0 Å². The number of halogens is 2. The van der Waals surface area contributed by atoms with E-state index in [0.717, 1.165) is 23.2 Å². The highest BCUT2D eigenvalue weighted by Gasteiger charge is 2.34. The standard InChI is InChI=1S/C20H25F2N9O4/c21-15-9-13(31-12-14(35-20(31)33)11-30(25)6-3-24)10-16(22)18(15)26-4-7-29(5-2-23)19(32)27-17-1-8-34-28-17/h1-3,6,8-10,14,23,26H,4-5,7,11-12,24-25H2,(H,27,28,32)/b6-3-,23-2?. The molecule has 2 heterocycles. The van der Waals surface area contributed by atoms with Gasteiger partial charge in [0.05, 0.1) is 25.3 Å². The number of ether oxygens (including phenoxy) is 1. The Labute approximate surface area is 198 Å². The van der Waals surface area contributed by atoms with Gasteiger partial charge < -0.3 is 35.6 Å². The normalized spacial score (nSPS) is 15.2. The fourth-order valence-electron chi connectivity index (χ4n) is 3.29. The molecule has 3 amide bonds. The molecule has 3 rings (SSSR count). The molecular weight excluding hydrogens is 468 g/mol. The van der Waals surface area contributed by atoms with Crippen molar-refractivity contribution >= 4 is 35.5 Å². The molecule has 0 spiro atoms. The lowest BCUT2D eigenvalue weighted by molar-refractivity contribution is 0.122. The minimum Gasteiger partial charge on any atom is -0.442 e. The summed E-state index contributed by atoms with van der Waals surface area (Å²) in [6, 6.07) is 2.87. The number of urea groups is 1. The van der Waals surface area contributed by atoms with E-state index in [1.165, 1.54) is 34.6 Å². The zero-order valence-corrected chi connectivity index (χ0v) is 18.5. The number of rotatable bonds is 11. The smallest absolute Gasteiger partial charge is 0.414 e. The lowest BCUT2D eigenvalue weighted by Crippen LogP contribution is -2.39. The van der Waals surface area contributed by atoms with Crippen LogP contribution in [0.2, 0.25) is 0 Å². The number of aromatic nitrogens is 1. The van der Waals surface area contributed by atoms with E-state index in [1.54, 1.807) is 0 Å². The molecule has 0 radical (unpaired) electrons. The van der Waals surface area contributed by atoms with Crippen molar-refractivity contribution in [3.05, 3.63) is 48.5 Å². The number of hydrogen-bond acceptors (Lipinski definition) is 10. The predicted molar refractivity (Wildman–Crippen MR) is 123 cm³/mol. The topological polar surface area (TPSA) is 179 Å². The van der Waals surface area contributed by atoms with Crippen molar-refractivity contribution in [3.63, 3.8) is 0 Å². The number of nitrogens with one attached hydrogen (secondary N) is 3. The summed E-state index contributed by atoms with van der Waals surface area (Å²) < 4.78 is 39.2. The number of carbonyl (C=O) groups is 2. The van der Waals surface area contributed by atoms with Crippen LogP contribution in [0.15, 0.2) is 41.4 Å². The summed E-state index contributed by atoms with van der Waals surface area (Å²) in [7, 11) is 0. The van der Waals surface area contributed by atoms with Gasteiger partial charge in [-0.3, -0.25) is 10.2 Å². The third-order valence-electron chi connectivity index (χ3n) is 4.86. The number of benzene rings is 1. The van der Waals surface area contributed by atoms with E-state index in [9.17, 15) is 18.4 Å². The van der Waals surface area contributed by atoms with Gasteiger partial charge in [-0.2, -0.15) is 0 Å². The fourth-order valence-corrected chi connectivity index (χ4v) is 3.29. The van der Waals surface area contributed by atoms with Crippen LogP contribution in [0.3, 0.4) is 0 Å². The first-order valence-electron chi connectivity index (χ1n) is 10.4. The first kappa shape index (κ1) is 25.2. The molecule has 1 fully saturated rings. The Morgan fingerprint density at radius 2 is 2.11 bits per heavy atom. The predicted octanol–water partition coefficient (Wildman–Crippen LogP) is 1.48. The largest absolute Gasteiger partial charge is 0.442 e. The minimum absolute atomic E-state index is 0.0200. The van der Waals surface area contributed by atoms with Crippen LogP contribution < -0.4 is 27.1 Å². The molecule has 0 bridgehead atoms. The van der Waals surface area contributed by atoms with Crippen molar-refractivity contribution in [1.29, 1.82) is 5.41 Å². The Kier molecular flexibility index (Phi) is 8.39. The monoisotopic (exact) mass is 493 g/mol. The van der Waals surface area contributed by atoms with Crippen molar-refractivity contribution in [3.8, 4) is 0 Å². The van der Waals surface area contributed by atoms with Gasteiger partial charge in [-0.1, -0.05) is 5.16 Å². The van der Waals surface area contributed by atoms with E-state index in [-0.39, 0.29) is 44.2 Å². The first-order valence-corrected chi connectivity index (χ1v) is 10.4. The molecule has 1 saturated heterocycles. The quantitative estimate of drug-likeness (QED) is 0.176. The first-order chi connectivity index (χ1) is 16.8. The summed E-state index contributed by atoms with van der Waals surface area (Å²) in [6.45, 7) is 0.135. The molecular formula is C20H25F2N9O4. The van der Waals surface area contributed by atoms with E-state index in [1.807, 2.05) is 0 Å². The number of hydrogen-bond donors (Lipinski definition) is 5. The molecule has 1 aliphatic rings. The van der Waals surface area contributed by atoms with Crippen LogP contribution in [0.25, 0.3) is 0 Å². The number of nitrogens with two attached hydrogens (primary N) is 2. The van der Waals surface area contributed by atoms with Gasteiger partial charge in [-0.05, 0) is 0 Å². The molecule has 1 atom stereocenters. The third-order valence-corrected chi connectivity index (χ3v) is 4.86. The maximum absolute atomic E-state index is 14.7. The van der Waals surface area contributed by atoms with Crippen molar-refractivity contribution in [2.45, 2.75) is 6.10 Å². The second-order valence-electron chi connectivity index (χ2n) is 7.33. The molecule has 13 nitrogen and oxygen atoms in total. The molecule has 35 heavy (non-hydrogen) atoms. The second-order valence-corrected chi connectivity index (χ2v) is 7.33. The Morgan fingerprint density at radius 1 is 1.37 bits per heavy atom. The van der Waals surface area contributed by atoms with Gasteiger partial charge in [0, 0.05) is 49.9 Å². The van der Waals surface area contributed by atoms with Gasteiger partial charge in [0.15, 0.2) is 17.5 Å². The maximum Gasteiger partial charge on any atom is 0.414 e. The number of amides is 3. The summed E-state index contributed by atoms with van der Waals surface area (Å²) in [6.07, 6.45) is 3.50. The van der Waals surface area contributed by atoms with Crippen molar-refractivity contribution in [1.82, 2.24) is 15.1 Å². The average Bonchev–Trinajstić information content (AvgIpc) is 3.44. The lowest BCUT2D eigenvalue weighted by Gasteiger charge is -2.21. The zero-order chi connectivity index (χ0) is 25.4. The SMILES string of the molecule is N=CCN(CCNc1c(F)cc(N2CC(CN(N)/C=C\N)OC2=O)cc1F)C(=O)Nc1ccon1. The molecule has 1 aromatic heterocycles. The molecule has 0 aliphatic carbocycles. The molecule has 1 unspecified atom stereocenters. The minimum atomic E-state index is -0.937. The average molecular weight is 493 g/mol. The summed E-state index contributed by atoms with van der Waals surface area (Å²) in [4.78, 5) is 26.8. The number of nitrogens with zero attached hydrogens (tertiary/aromatic N) is 4. The van der Waals surface area contributed by atoms with E-state index in [4.69, 9.17) is 21.7 Å². The van der Waals surface area contributed by atoms with Gasteiger partial charge >= 0.3 is 12.1 Å². The van der Waals surface area contributed by atoms with E-state index in [0.29, 0.717) is 0 Å². The van der Waals surface area contributed by atoms with Gasteiger partial charge in [-0.15, -0.1) is 0 Å². The van der Waals surface area contributed by atoms with Gasteiger partial charge in [0.1, 0.15) is 18.1 Å². The van der Waals surface area contributed by atoms with Crippen LogP contribution in [-0.2, 0) is 4.74 Å². The highest BCUT2D eigenvalue weighted by Crippen LogP contribution is 2.29. The van der Waals surface area contributed by atoms with Gasteiger partial charge in [0.2, 0.25) is 0 Å². The Balaban J connectivity index is 1.60. The van der Waals surface area contributed by atoms with E-state index >= 15 is 0 Å². The molecule has 188 valence electrons. The molecule has 7 N–H and O–H groups in total. The summed E-state index contributed by atoms with van der Waals surface area (Å²) in [5.41, 5.74) is 4.81. The highest BCUT2D eigenvalue weighted by molar-refractivity contribution is 5.90. The Morgan fingerprint density at radius 3 is 2.74 bits per heavy atom. The van der Waals surface area contributed by atoms with Gasteiger partial charge in [0.25, 0.3) is 0 Å². The summed E-state index contributed by atoms with van der Waals surface area (Å²) >= 11 is 0. The van der Waals surface area contributed by atoms with Gasteiger partial charge in [-0.25, -0.2) is 24.2 Å². The van der Waals surface area contributed by atoms with E-state index in [2.05, 4.69) is 20.3 Å². The molecule has 1 aliphatic heterocycles. The van der Waals surface area contributed by atoms with Crippen molar-refractivity contribution in [2.24, 2.45) is 11.6 Å². The molecule has 15 heteroatoms. The highest BCUT2D eigenvalue weighted by atomic mass is 19.1. The number of carbonyl (C=O) groups excluding carboxylic acids is 2. The van der Waals surface area contributed by atoms with Crippen LogP contribution in [0.1, 0.15) is 0 Å². The summed E-state index contributed by atoms with van der Waals surface area (Å²) in [5, 5.41) is 17.1. The van der Waals surface area contributed by atoms with Crippen LogP contribution in [-0.4, -0.2) is 72.2 Å². The fraction of sp³-hybridized carbons (Fsp3) is 0.300. The Bertz CT molecular complexity index is 1040. The van der Waals surface area contributed by atoms with Crippen LogP contribution in [0.5, 0.6) is 0 Å². The second kappa shape index (κ2) is 11.6.